The van der Waals surface area contributed by atoms with Gasteiger partial charge in [-0.15, -0.1) is 5.26 Å². The van der Waals surface area contributed by atoms with E-state index in [0.29, 0.717) is 5.02 Å². The van der Waals surface area contributed by atoms with Crippen molar-refractivity contribution in [3.63, 3.8) is 0 Å². The summed E-state index contributed by atoms with van der Waals surface area (Å²) in [6.07, 6.45) is 1.49. The van der Waals surface area contributed by atoms with Gasteiger partial charge >= 0.3 is 0 Å². The molecule has 0 atom stereocenters. The second kappa shape index (κ2) is 3.86. The molecule has 12 heavy (non-hydrogen) atoms. The monoisotopic (exact) mass is 221 g/mol. The second-order valence-electron chi connectivity index (χ2n) is 1.87. The maximum atomic E-state index is 8.20. The van der Waals surface area contributed by atoms with Crippen LogP contribution >= 0.6 is 34.8 Å². The van der Waals surface area contributed by atoms with E-state index in [0.717, 1.165) is 0 Å². The van der Waals surface area contributed by atoms with Crippen molar-refractivity contribution in [1.82, 2.24) is 0 Å². The van der Waals surface area contributed by atoms with Gasteiger partial charge in [-0.05, 0) is 12.1 Å². The Balaban J connectivity index is 3.19. The van der Waals surface area contributed by atoms with Gasteiger partial charge < -0.3 is 4.74 Å². The van der Waals surface area contributed by atoms with Crippen LogP contribution in [0.1, 0.15) is 0 Å². The quantitative estimate of drug-likeness (QED) is 0.538. The molecular weight excluding hydrogens is 220 g/mol. The Labute approximate surface area is 84.2 Å². The van der Waals surface area contributed by atoms with E-state index in [1.807, 2.05) is 0 Å². The number of nitriles is 1. The highest BCUT2D eigenvalue weighted by Gasteiger charge is 2.09. The number of hydrogen-bond acceptors (Lipinski definition) is 2. The molecule has 62 valence electrons. The standard InChI is InChI=1S/C7H2Cl3NO/c8-4-1-2-5(12-3-11)7(10)6(4)9/h1-2H. The molecule has 0 radical (unpaired) electrons. The van der Waals surface area contributed by atoms with E-state index in [2.05, 4.69) is 4.74 Å². The van der Waals surface area contributed by atoms with E-state index in [-0.39, 0.29) is 15.8 Å². The average molecular weight is 222 g/mol. The van der Waals surface area contributed by atoms with Crippen LogP contribution in [0.15, 0.2) is 12.1 Å². The second-order valence-corrected chi connectivity index (χ2v) is 3.03. The normalized spacial score (nSPS) is 9.17. The fourth-order valence-electron chi connectivity index (χ4n) is 0.636. The molecule has 5 heteroatoms. The minimum Gasteiger partial charge on any atom is -0.386 e. The molecule has 2 nitrogen and oxygen atoms in total. The lowest BCUT2D eigenvalue weighted by Gasteiger charge is -2.02. The Morgan fingerprint density at radius 2 is 1.83 bits per heavy atom. The Kier molecular flexibility index (Phi) is 3.05. The van der Waals surface area contributed by atoms with E-state index in [1.54, 1.807) is 0 Å². The predicted molar refractivity (Wildman–Crippen MR) is 47.7 cm³/mol. The molecule has 0 aliphatic carbocycles. The van der Waals surface area contributed by atoms with E-state index >= 15 is 0 Å². The van der Waals surface area contributed by atoms with Crippen LogP contribution in [-0.2, 0) is 0 Å². The summed E-state index contributed by atoms with van der Waals surface area (Å²) >= 11 is 17.0. The van der Waals surface area contributed by atoms with E-state index in [1.165, 1.54) is 18.4 Å². The highest BCUT2D eigenvalue weighted by Crippen LogP contribution is 2.36. The van der Waals surface area contributed by atoms with Crippen molar-refractivity contribution in [2.75, 3.05) is 0 Å². The molecule has 0 saturated heterocycles. The first-order valence-electron chi connectivity index (χ1n) is 2.86. The van der Waals surface area contributed by atoms with E-state index in [9.17, 15) is 0 Å². The molecule has 0 amide bonds. The summed E-state index contributed by atoms with van der Waals surface area (Å²) in [5, 5.41) is 8.85. The van der Waals surface area contributed by atoms with Crippen LogP contribution in [-0.4, -0.2) is 0 Å². The van der Waals surface area contributed by atoms with Crippen molar-refractivity contribution >= 4 is 34.8 Å². The molecule has 1 aromatic carbocycles. The van der Waals surface area contributed by atoms with Gasteiger partial charge in [-0.2, -0.15) is 0 Å². The third kappa shape index (κ3) is 1.75. The van der Waals surface area contributed by atoms with Crippen LogP contribution in [0.4, 0.5) is 0 Å². The van der Waals surface area contributed by atoms with Gasteiger partial charge in [0.25, 0.3) is 6.26 Å². The molecule has 0 fully saturated rings. The van der Waals surface area contributed by atoms with Crippen molar-refractivity contribution in [3.05, 3.63) is 27.2 Å². The van der Waals surface area contributed by atoms with E-state index in [4.69, 9.17) is 40.1 Å². The van der Waals surface area contributed by atoms with Gasteiger partial charge in [-0.3, -0.25) is 0 Å². The third-order valence-corrected chi connectivity index (χ3v) is 2.43. The lowest BCUT2D eigenvalue weighted by Crippen LogP contribution is -1.83. The smallest absolute Gasteiger partial charge is 0.292 e. The fraction of sp³-hybridized carbons (Fsp3) is 0. The topological polar surface area (TPSA) is 33.0 Å². The first-order chi connectivity index (χ1) is 5.66. The largest absolute Gasteiger partial charge is 0.386 e. The van der Waals surface area contributed by atoms with Crippen molar-refractivity contribution in [1.29, 1.82) is 5.26 Å². The minimum absolute atomic E-state index is 0.144. The number of hydrogen-bond donors (Lipinski definition) is 0. The number of ether oxygens (including phenoxy) is 1. The molecule has 0 aliphatic heterocycles. The first kappa shape index (κ1) is 9.47. The van der Waals surface area contributed by atoms with Gasteiger partial charge in [0.1, 0.15) is 5.02 Å². The maximum absolute atomic E-state index is 8.20. The van der Waals surface area contributed by atoms with Gasteiger partial charge in [0.05, 0.1) is 10.0 Å². The zero-order chi connectivity index (χ0) is 9.14. The summed E-state index contributed by atoms with van der Waals surface area (Å²) in [5.41, 5.74) is 0. The molecule has 0 bridgehead atoms. The van der Waals surface area contributed by atoms with Crippen LogP contribution in [0.2, 0.25) is 15.1 Å². The summed E-state index contributed by atoms with van der Waals surface area (Å²) in [6.45, 7) is 0. The summed E-state index contributed by atoms with van der Waals surface area (Å²) in [5.74, 6) is 0.202. The van der Waals surface area contributed by atoms with Crippen LogP contribution < -0.4 is 4.74 Å². The lowest BCUT2D eigenvalue weighted by molar-refractivity contribution is 0.507. The van der Waals surface area contributed by atoms with Crippen molar-refractivity contribution < 1.29 is 4.74 Å². The van der Waals surface area contributed by atoms with Gasteiger partial charge in [0.2, 0.25) is 0 Å². The molecule has 0 N–H and O–H groups in total. The number of halogens is 3. The molecular formula is C7H2Cl3NO. The molecule has 1 aromatic rings. The number of benzene rings is 1. The Morgan fingerprint density at radius 1 is 1.17 bits per heavy atom. The Bertz CT molecular complexity index is 345. The van der Waals surface area contributed by atoms with Crippen molar-refractivity contribution in [3.8, 4) is 12.0 Å². The number of nitrogens with zero attached hydrogens (tertiary/aromatic N) is 1. The molecule has 0 saturated carbocycles. The molecule has 0 aliphatic rings. The zero-order valence-corrected chi connectivity index (χ0v) is 7.91. The summed E-state index contributed by atoms with van der Waals surface area (Å²) in [4.78, 5) is 0. The molecule has 0 aromatic heterocycles. The van der Waals surface area contributed by atoms with Crippen molar-refractivity contribution in [2.24, 2.45) is 0 Å². The average Bonchev–Trinajstić information content (AvgIpc) is 2.07. The molecule has 0 unspecified atom stereocenters. The van der Waals surface area contributed by atoms with Crippen LogP contribution in [0.25, 0.3) is 0 Å². The third-order valence-electron chi connectivity index (χ3n) is 1.16. The summed E-state index contributed by atoms with van der Waals surface area (Å²) in [6, 6.07) is 2.97. The van der Waals surface area contributed by atoms with Crippen LogP contribution in [0, 0.1) is 11.5 Å². The van der Waals surface area contributed by atoms with Gasteiger partial charge in [-0.25, -0.2) is 0 Å². The van der Waals surface area contributed by atoms with E-state index < -0.39 is 0 Å². The first-order valence-corrected chi connectivity index (χ1v) is 3.99. The minimum atomic E-state index is 0.144. The van der Waals surface area contributed by atoms with Crippen molar-refractivity contribution in [2.45, 2.75) is 0 Å². The predicted octanol–water partition coefficient (Wildman–Crippen LogP) is 3.51. The van der Waals surface area contributed by atoms with Crippen LogP contribution in [0.5, 0.6) is 5.75 Å². The van der Waals surface area contributed by atoms with Gasteiger partial charge in [0.15, 0.2) is 5.75 Å². The Hall–Kier alpha value is -0.620. The number of rotatable bonds is 1. The SMILES string of the molecule is N#COc1ccc(Cl)c(Cl)c1Cl. The molecule has 0 spiro atoms. The van der Waals surface area contributed by atoms with Gasteiger partial charge in [0, 0.05) is 0 Å². The highest BCUT2D eigenvalue weighted by atomic mass is 35.5. The fourth-order valence-corrected chi connectivity index (χ4v) is 1.20. The lowest BCUT2D eigenvalue weighted by atomic mass is 10.3. The van der Waals surface area contributed by atoms with Crippen LogP contribution in [0.3, 0.4) is 0 Å². The zero-order valence-electron chi connectivity index (χ0n) is 5.64. The van der Waals surface area contributed by atoms with Gasteiger partial charge in [-0.1, -0.05) is 34.8 Å². The molecule has 0 heterocycles. The Morgan fingerprint density at radius 3 is 2.42 bits per heavy atom. The summed E-state index contributed by atoms with van der Waals surface area (Å²) in [7, 11) is 0. The maximum Gasteiger partial charge on any atom is 0.292 e. The summed E-state index contributed by atoms with van der Waals surface area (Å²) < 4.78 is 4.50. The molecule has 1 rings (SSSR count). The highest BCUT2D eigenvalue weighted by molar-refractivity contribution is 6.48.